The Hall–Kier alpha value is -1.14. The van der Waals surface area contributed by atoms with Crippen LogP contribution < -0.4 is 0 Å². The fraction of sp³-hybridized carbons (Fsp3) is 0.920. The van der Waals surface area contributed by atoms with Gasteiger partial charge in [-0.1, -0.05) is 12.8 Å². The Morgan fingerprint density at radius 2 is 1.06 bits per heavy atom. The summed E-state index contributed by atoms with van der Waals surface area (Å²) in [5, 5.41) is 0. The Balaban J connectivity index is 1.09. The van der Waals surface area contributed by atoms with Crippen molar-refractivity contribution >= 4 is 11.9 Å². The minimum atomic E-state index is -0.161. The minimum Gasteiger partial charge on any atom is -0.465 e. The molecule has 31 heavy (non-hydrogen) atoms. The predicted octanol–water partition coefficient (Wildman–Crippen LogP) is 3.77. The number of piperidine rings is 4. The van der Waals surface area contributed by atoms with E-state index in [1.807, 2.05) is 0 Å². The summed E-state index contributed by atoms with van der Waals surface area (Å²) in [6.45, 7) is 5.91. The number of carbonyl (C=O) groups is 2. The van der Waals surface area contributed by atoms with Crippen molar-refractivity contribution in [2.45, 2.75) is 95.6 Å². The van der Waals surface area contributed by atoms with Crippen LogP contribution in [0.2, 0.25) is 0 Å². The fourth-order valence-electron chi connectivity index (χ4n) is 6.46. The van der Waals surface area contributed by atoms with Crippen molar-refractivity contribution in [3.05, 3.63) is 0 Å². The molecule has 4 rings (SSSR count). The Morgan fingerprint density at radius 3 is 1.55 bits per heavy atom. The van der Waals surface area contributed by atoms with Gasteiger partial charge in [-0.3, -0.25) is 19.4 Å². The second kappa shape index (κ2) is 11.6. The molecular weight excluding hydrogens is 392 g/mol. The summed E-state index contributed by atoms with van der Waals surface area (Å²) in [5.74, 6) is 0.646. The second-order valence-corrected chi connectivity index (χ2v) is 10.2. The molecule has 4 atom stereocenters. The molecule has 4 fully saturated rings. The summed E-state index contributed by atoms with van der Waals surface area (Å²) >= 11 is 0. The maximum Gasteiger partial charge on any atom is 0.305 e. The maximum absolute atomic E-state index is 12.2. The Labute approximate surface area is 188 Å². The van der Waals surface area contributed by atoms with Gasteiger partial charge in [0.15, 0.2) is 0 Å². The van der Waals surface area contributed by atoms with Crippen LogP contribution in [0.4, 0.5) is 0 Å². The number of hydrogen-bond acceptors (Lipinski definition) is 6. The van der Waals surface area contributed by atoms with Crippen LogP contribution in [0.25, 0.3) is 0 Å². The van der Waals surface area contributed by atoms with Crippen LogP contribution in [0, 0.1) is 11.8 Å². The van der Waals surface area contributed by atoms with E-state index in [0.717, 1.165) is 0 Å². The molecule has 0 aromatic carbocycles. The molecule has 0 aliphatic carbocycles. The van der Waals surface area contributed by atoms with Crippen molar-refractivity contribution < 1.29 is 19.1 Å². The lowest BCUT2D eigenvalue weighted by molar-refractivity contribution is -0.148. The second-order valence-electron chi connectivity index (χ2n) is 10.2. The van der Waals surface area contributed by atoms with Crippen LogP contribution in [0.3, 0.4) is 0 Å². The van der Waals surface area contributed by atoms with Crippen LogP contribution in [0.1, 0.15) is 83.5 Å². The highest BCUT2D eigenvalue weighted by Gasteiger charge is 2.34. The number of nitrogens with zero attached hydrogens (tertiary/aromatic N) is 2. The van der Waals surface area contributed by atoms with Crippen LogP contribution in [-0.2, 0) is 19.1 Å². The molecule has 0 spiro atoms. The van der Waals surface area contributed by atoms with Gasteiger partial charge in [0, 0.05) is 36.8 Å². The summed E-state index contributed by atoms with van der Waals surface area (Å²) in [5.41, 5.74) is 0. The molecule has 6 nitrogen and oxygen atoms in total. The Morgan fingerprint density at radius 1 is 0.613 bits per heavy atom. The van der Waals surface area contributed by atoms with Gasteiger partial charge in [-0.05, 0) is 84.0 Å². The van der Waals surface area contributed by atoms with Gasteiger partial charge in [0.1, 0.15) is 0 Å². The normalized spacial score (nSPS) is 32.0. The molecule has 0 amide bonds. The van der Waals surface area contributed by atoms with E-state index in [1.54, 1.807) is 0 Å². The lowest BCUT2D eigenvalue weighted by Gasteiger charge is -2.44. The topological polar surface area (TPSA) is 59.1 Å². The average Bonchev–Trinajstić information content (AvgIpc) is 2.81. The zero-order chi connectivity index (χ0) is 21.5. The third kappa shape index (κ3) is 6.44. The SMILES string of the molecule is O=C(CCCC(=O)OCC1CCCN2CCCCC12)OCC1CCCN2CCCCC12. The summed E-state index contributed by atoms with van der Waals surface area (Å²) in [4.78, 5) is 29.6. The van der Waals surface area contributed by atoms with Gasteiger partial charge in [-0.15, -0.1) is 0 Å². The molecule has 4 saturated heterocycles. The van der Waals surface area contributed by atoms with E-state index in [1.165, 1.54) is 90.4 Å². The molecule has 0 N–H and O–H groups in total. The molecule has 4 aliphatic heterocycles. The van der Waals surface area contributed by atoms with Crippen LogP contribution in [0.5, 0.6) is 0 Å². The van der Waals surface area contributed by atoms with Gasteiger partial charge in [0.05, 0.1) is 13.2 Å². The van der Waals surface area contributed by atoms with Crippen molar-refractivity contribution in [3.8, 4) is 0 Å². The van der Waals surface area contributed by atoms with Gasteiger partial charge < -0.3 is 9.47 Å². The van der Waals surface area contributed by atoms with E-state index >= 15 is 0 Å². The molecule has 176 valence electrons. The van der Waals surface area contributed by atoms with Gasteiger partial charge in [0.25, 0.3) is 0 Å². The van der Waals surface area contributed by atoms with E-state index in [2.05, 4.69) is 9.80 Å². The summed E-state index contributed by atoms with van der Waals surface area (Å²) in [6, 6.07) is 1.20. The number of ether oxygens (including phenoxy) is 2. The molecule has 4 unspecified atom stereocenters. The van der Waals surface area contributed by atoms with Crippen molar-refractivity contribution in [2.75, 3.05) is 39.4 Å². The number of fused-ring (bicyclic) bond motifs is 2. The molecule has 0 aromatic rings. The first kappa shape index (κ1) is 23.0. The maximum atomic E-state index is 12.2. The lowest BCUT2D eigenvalue weighted by atomic mass is 9.84. The average molecular weight is 435 g/mol. The van der Waals surface area contributed by atoms with Crippen molar-refractivity contribution in [3.63, 3.8) is 0 Å². The van der Waals surface area contributed by atoms with Crippen LogP contribution in [0.15, 0.2) is 0 Å². The molecule has 0 radical (unpaired) electrons. The Bertz CT molecular complexity index is 544. The number of esters is 2. The summed E-state index contributed by atoms with van der Waals surface area (Å²) < 4.78 is 11.2. The molecular formula is C25H42N2O4. The first-order valence-corrected chi connectivity index (χ1v) is 13.0. The standard InChI is InChI=1S/C25H42N2O4/c28-24(30-18-20-8-6-16-26-14-3-1-10-22(20)26)12-5-13-25(29)31-19-21-9-7-17-27-15-4-2-11-23(21)27/h20-23H,1-19H2. The zero-order valence-corrected chi connectivity index (χ0v) is 19.3. The molecule has 0 aromatic heterocycles. The van der Waals surface area contributed by atoms with Crippen molar-refractivity contribution in [1.29, 1.82) is 0 Å². The smallest absolute Gasteiger partial charge is 0.305 e. The highest BCUT2D eigenvalue weighted by Crippen LogP contribution is 2.32. The first-order chi connectivity index (χ1) is 15.2. The number of carbonyl (C=O) groups excluding carboxylic acids is 2. The van der Waals surface area contributed by atoms with Crippen molar-refractivity contribution in [2.24, 2.45) is 11.8 Å². The van der Waals surface area contributed by atoms with E-state index in [0.29, 0.717) is 56.4 Å². The van der Waals surface area contributed by atoms with E-state index in [-0.39, 0.29) is 11.9 Å². The van der Waals surface area contributed by atoms with Gasteiger partial charge in [-0.25, -0.2) is 0 Å². The van der Waals surface area contributed by atoms with E-state index in [4.69, 9.17) is 9.47 Å². The highest BCUT2D eigenvalue weighted by atomic mass is 16.5. The first-order valence-electron chi connectivity index (χ1n) is 13.0. The van der Waals surface area contributed by atoms with Crippen molar-refractivity contribution in [1.82, 2.24) is 9.80 Å². The monoisotopic (exact) mass is 434 g/mol. The molecule has 4 aliphatic rings. The predicted molar refractivity (Wildman–Crippen MR) is 120 cm³/mol. The van der Waals surface area contributed by atoms with Crippen LogP contribution >= 0.6 is 0 Å². The fourth-order valence-corrected chi connectivity index (χ4v) is 6.46. The van der Waals surface area contributed by atoms with E-state index < -0.39 is 0 Å². The van der Waals surface area contributed by atoms with Gasteiger partial charge in [0.2, 0.25) is 0 Å². The third-order valence-electron chi connectivity index (χ3n) is 8.14. The van der Waals surface area contributed by atoms with Gasteiger partial charge in [-0.2, -0.15) is 0 Å². The largest absolute Gasteiger partial charge is 0.465 e. The van der Waals surface area contributed by atoms with E-state index in [9.17, 15) is 9.59 Å². The van der Waals surface area contributed by atoms with Gasteiger partial charge >= 0.3 is 11.9 Å². The van der Waals surface area contributed by atoms with Crippen LogP contribution in [-0.4, -0.2) is 73.2 Å². The molecule has 0 saturated carbocycles. The number of hydrogen-bond donors (Lipinski definition) is 0. The quantitative estimate of drug-likeness (QED) is 0.542. The third-order valence-corrected chi connectivity index (χ3v) is 8.14. The number of rotatable bonds is 8. The minimum absolute atomic E-state index is 0.161. The molecule has 0 bridgehead atoms. The summed E-state index contributed by atoms with van der Waals surface area (Å²) in [6.07, 6.45) is 13.6. The summed E-state index contributed by atoms with van der Waals surface area (Å²) in [7, 11) is 0. The highest BCUT2D eigenvalue weighted by molar-refractivity contribution is 5.72. The molecule has 4 heterocycles. The Kier molecular flexibility index (Phi) is 8.65. The lowest BCUT2D eigenvalue weighted by Crippen LogP contribution is -2.49. The molecule has 6 heteroatoms. The zero-order valence-electron chi connectivity index (χ0n) is 19.3.